The smallest absolute Gasteiger partial charge is 0.416 e. The highest BCUT2D eigenvalue weighted by atomic mass is 32.2. The lowest BCUT2D eigenvalue weighted by atomic mass is 9.85. The lowest BCUT2D eigenvalue weighted by Gasteiger charge is -2.40. The van der Waals surface area contributed by atoms with E-state index in [1.54, 1.807) is 23.6 Å². The van der Waals surface area contributed by atoms with Gasteiger partial charge in [0, 0.05) is 50.8 Å². The van der Waals surface area contributed by atoms with E-state index in [2.05, 4.69) is 0 Å². The molecule has 2 aromatic carbocycles. The number of halogens is 3. The molecule has 0 saturated carbocycles. The monoisotopic (exact) mass is 506 g/mol. The number of likely N-dealkylation sites (tertiary alicyclic amines) is 1. The topological polar surface area (TPSA) is 49.9 Å². The van der Waals surface area contributed by atoms with Gasteiger partial charge in [-0.05, 0) is 66.5 Å². The summed E-state index contributed by atoms with van der Waals surface area (Å²) in [7, 11) is 0. The molecule has 0 N–H and O–H groups in total. The summed E-state index contributed by atoms with van der Waals surface area (Å²) in [5.74, 6) is 2.11. The fourth-order valence-corrected chi connectivity index (χ4v) is 5.02. The summed E-state index contributed by atoms with van der Waals surface area (Å²) in [6.07, 6.45) is -0.517. The molecule has 2 aliphatic heterocycles. The Kier molecular flexibility index (Phi) is 7.64. The van der Waals surface area contributed by atoms with Crippen LogP contribution in [-0.2, 0) is 35.2 Å². The molecule has 188 valence electrons. The quantitative estimate of drug-likeness (QED) is 0.521. The second-order valence-corrected chi connectivity index (χ2v) is 10.1. The molecule has 0 radical (unpaired) electrons. The van der Waals surface area contributed by atoms with Crippen molar-refractivity contribution in [2.24, 2.45) is 5.92 Å². The molecular formula is C26H29F3N2O3S. The van der Waals surface area contributed by atoms with E-state index in [0.29, 0.717) is 50.5 Å². The Morgan fingerprint density at radius 2 is 1.80 bits per heavy atom. The van der Waals surface area contributed by atoms with E-state index in [4.69, 9.17) is 4.74 Å². The minimum Gasteiger partial charge on any atom is -0.457 e. The predicted octanol–water partition coefficient (Wildman–Crippen LogP) is 5.16. The number of ether oxygens (including phenoxy) is 1. The molecule has 0 bridgehead atoms. The number of rotatable bonds is 7. The number of fused-ring (bicyclic) bond motifs is 1. The van der Waals surface area contributed by atoms with Gasteiger partial charge in [-0.15, -0.1) is 0 Å². The number of carbonyl (C=O) groups excluding carboxylic acids is 2. The molecule has 0 aromatic heterocycles. The summed E-state index contributed by atoms with van der Waals surface area (Å²) >= 11 is 1.64. The van der Waals surface area contributed by atoms with Gasteiger partial charge in [0.1, 0.15) is 11.5 Å². The van der Waals surface area contributed by atoms with Crippen molar-refractivity contribution in [3.8, 4) is 11.5 Å². The first-order valence-corrected chi connectivity index (χ1v) is 13.1. The molecular weight excluding hydrogens is 477 g/mol. The molecule has 2 aliphatic rings. The molecule has 2 aromatic rings. The number of benzene rings is 2. The third kappa shape index (κ3) is 5.94. The number of hydrogen-bond donors (Lipinski definition) is 0. The minimum atomic E-state index is -4.41. The van der Waals surface area contributed by atoms with Gasteiger partial charge in [-0.1, -0.05) is 6.07 Å². The van der Waals surface area contributed by atoms with Gasteiger partial charge in [0.25, 0.3) is 0 Å². The van der Waals surface area contributed by atoms with Gasteiger partial charge in [-0.2, -0.15) is 24.9 Å². The molecule has 4 rings (SSSR count). The van der Waals surface area contributed by atoms with Crippen LogP contribution in [0, 0.1) is 5.92 Å². The lowest BCUT2D eigenvalue weighted by Crippen LogP contribution is -2.50. The second-order valence-electron chi connectivity index (χ2n) is 9.11. The van der Waals surface area contributed by atoms with Gasteiger partial charge < -0.3 is 14.5 Å². The van der Waals surface area contributed by atoms with Crippen LogP contribution in [0.4, 0.5) is 13.2 Å². The Balaban J connectivity index is 1.61. The van der Waals surface area contributed by atoms with Crippen molar-refractivity contribution in [3.63, 3.8) is 0 Å². The molecule has 0 atom stereocenters. The first-order valence-electron chi connectivity index (χ1n) is 11.7. The van der Waals surface area contributed by atoms with E-state index in [1.165, 1.54) is 12.1 Å². The van der Waals surface area contributed by atoms with Gasteiger partial charge in [-0.3, -0.25) is 9.59 Å². The first-order chi connectivity index (χ1) is 16.7. The Hall–Kier alpha value is -2.68. The van der Waals surface area contributed by atoms with Gasteiger partial charge >= 0.3 is 6.18 Å². The van der Waals surface area contributed by atoms with Crippen LogP contribution in [0.1, 0.15) is 35.6 Å². The number of thioether (sulfide) groups is 1. The maximum Gasteiger partial charge on any atom is 0.416 e. The summed E-state index contributed by atoms with van der Waals surface area (Å²) in [5, 5.41) is 0. The number of nitrogens with zero attached hydrogens (tertiary/aromatic N) is 2. The van der Waals surface area contributed by atoms with Gasteiger partial charge in [0.05, 0.1) is 5.56 Å². The van der Waals surface area contributed by atoms with E-state index in [1.807, 2.05) is 23.3 Å². The summed E-state index contributed by atoms with van der Waals surface area (Å²) in [5.41, 5.74) is 2.46. The van der Waals surface area contributed by atoms with Crippen LogP contribution in [0.3, 0.4) is 0 Å². The number of amides is 2. The fourth-order valence-electron chi connectivity index (χ4n) is 4.64. The van der Waals surface area contributed by atoms with Crippen LogP contribution in [-0.4, -0.2) is 53.3 Å². The van der Waals surface area contributed by atoms with Crippen LogP contribution >= 0.6 is 11.8 Å². The maximum atomic E-state index is 13.0. The highest BCUT2D eigenvalue weighted by Crippen LogP contribution is 2.37. The molecule has 9 heteroatoms. The molecule has 1 saturated heterocycles. The Morgan fingerprint density at radius 3 is 2.43 bits per heavy atom. The molecule has 5 nitrogen and oxygen atoms in total. The van der Waals surface area contributed by atoms with Crippen molar-refractivity contribution < 1.29 is 27.5 Å². The van der Waals surface area contributed by atoms with Crippen LogP contribution in [0.25, 0.3) is 0 Å². The Labute approximate surface area is 207 Å². The molecule has 0 spiro atoms. The van der Waals surface area contributed by atoms with Gasteiger partial charge in [-0.25, -0.2) is 0 Å². The first kappa shape index (κ1) is 25.4. The highest BCUT2D eigenvalue weighted by molar-refractivity contribution is 7.98. The van der Waals surface area contributed by atoms with E-state index < -0.39 is 11.7 Å². The molecule has 2 heterocycles. The van der Waals surface area contributed by atoms with Gasteiger partial charge in [0.15, 0.2) is 0 Å². The summed E-state index contributed by atoms with van der Waals surface area (Å²) in [6.45, 7) is 4.04. The average Bonchev–Trinajstić information content (AvgIpc) is 2.79. The molecule has 0 aliphatic carbocycles. The van der Waals surface area contributed by atoms with E-state index >= 15 is 0 Å². The SMILES string of the molecule is CSCCC(=O)N1CCc2ccc(Oc3ccc(C(F)(F)F)cc3)c(CC3CN(C(C)=O)C3)c2C1. The zero-order chi connectivity index (χ0) is 25.2. The third-order valence-corrected chi connectivity index (χ3v) is 7.28. The highest BCUT2D eigenvalue weighted by Gasteiger charge is 2.33. The van der Waals surface area contributed by atoms with E-state index in [-0.39, 0.29) is 17.7 Å². The molecule has 2 amide bonds. The molecule has 0 unspecified atom stereocenters. The Bertz CT molecular complexity index is 1080. The zero-order valence-electron chi connectivity index (χ0n) is 19.9. The largest absolute Gasteiger partial charge is 0.457 e. The average molecular weight is 507 g/mol. The number of alkyl halides is 3. The maximum absolute atomic E-state index is 13.0. The van der Waals surface area contributed by atoms with Crippen molar-refractivity contribution in [1.29, 1.82) is 0 Å². The van der Waals surface area contributed by atoms with Crippen LogP contribution < -0.4 is 4.74 Å². The molecule has 35 heavy (non-hydrogen) atoms. The lowest BCUT2D eigenvalue weighted by molar-refractivity contribution is -0.137. The summed E-state index contributed by atoms with van der Waals surface area (Å²) in [6, 6.07) is 8.53. The van der Waals surface area contributed by atoms with Crippen molar-refractivity contribution in [2.75, 3.05) is 31.6 Å². The third-order valence-electron chi connectivity index (χ3n) is 6.66. The van der Waals surface area contributed by atoms with Crippen molar-refractivity contribution in [1.82, 2.24) is 9.80 Å². The van der Waals surface area contributed by atoms with Crippen LogP contribution in [0.15, 0.2) is 36.4 Å². The normalized spacial score (nSPS) is 16.0. The predicted molar refractivity (Wildman–Crippen MR) is 130 cm³/mol. The standard InChI is InChI=1S/C26H29F3N2O3S/c1-17(32)31-14-18(15-31)13-22-23-16-30(25(33)10-12-35-2)11-9-19(23)3-8-24(22)34-21-6-4-20(5-7-21)26(27,28)29/h3-8,18H,9-16H2,1-2H3. The summed E-state index contributed by atoms with van der Waals surface area (Å²) in [4.78, 5) is 28.0. The van der Waals surface area contributed by atoms with Gasteiger partial charge in [0.2, 0.25) is 11.8 Å². The van der Waals surface area contributed by atoms with E-state index in [0.717, 1.165) is 41.0 Å². The Morgan fingerprint density at radius 1 is 1.09 bits per heavy atom. The minimum absolute atomic E-state index is 0.0446. The number of hydrogen-bond acceptors (Lipinski definition) is 4. The van der Waals surface area contributed by atoms with Crippen LogP contribution in [0.5, 0.6) is 11.5 Å². The molecule has 1 fully saturated rings. The van der Waals surface area contributed by atoms with Crippen molar-refractivity contribution in [3.05, 3.63) is 58.7 Å². The fraction of sp³-hybridized carbons (Fsp3) is 0.462. The second kappa shape index (κ2) is 10.5. The van der Waals surface area contributed by atoms with Crippen LogP contribution in [0.2, 0.25) is 0 Å². The number of carbonyl (C=O) groups is 2. The van der Waals surface area contributed by atoms with Crippen molar-refractivity contribution in [2.45, 2.75) is 38.9 Å². The van der Waals surface area contributed by atoms with Crippen molar-refractivity contribution >= 4 is 23.6 Å². The van der Waals surface area contributed by atoms with E-state index in [9.17, 15) is 22.8 Å². The zero-order valence-corrected chi connectivity index (χ0v) is 20.7. The summed E-state index contributed by atoms with van der Waals surface area (Å²) < 4.78 is 45.0.